The topological polar surface area (TPSA) is 47.5 Å². The van der Waals surface area contributed by atoms with Crippen LogP contribution in [0.15, 0.2) is 12.4 Å². The van der Waals surface area contributed by atoms with E-state index in [-0.39, 0.29) is 0 Å². The molecule has 5 nitrogen and oxygen atoms in total. The minimum absolute atomic E-state index is 0.310. The van der Waals surface area contributed by atoms with Gasteiger partial charge in [-0.1, -0.05) is 6.92 Å². The molecule has 100 valence electrons. The van der Waals surface area contributed by atoms with E-state index in [0.29, 0.717) is 11.9 Å². The lowest BCUT2D eigenvalue weighted by atomic mass is 10.1. The largest absolute Gasteiger partial charge is 0.494 e. The Morgan fingerprint density at radius 1 is 1.39 bits per heavy atom. The lowest BCUT2D eigenvalue weighted by Crippen LogP contribution is -2.40. The molecule has 0 N–H and O–H groups in total. The molecule has 0 saturated carbocycles. The number of hydrogen-bond acceptors (Lipinski definition) is 5. The second-order valence-electron chi connectivity index (χ2n) is 4.50. The molecule has 1 unspecified atom stereocenters. The summed E-state index contributed by atoms with van der Waals surface area (Å²) in [5.74, 6) is 1.45. The fourth-order valence-corrected chi connectivity index (χ4v) is 2.12. The number of aromatic nitrogens is 2. The zero-order valence-corrected chi connectivity index (χ0v) is 11.1. The summed E-state index contributed by atoms with van der Waals surface area (Å²) in [4.78, 5) is 10.8. The molecule has 1 aromatic rings. The van der Waals surface area contributed by atoms with Gasteiger partial charge in [0.15, 0.2) is 5.75 Å². The summed E-state index contributed by atoms with van der Waals surface area (Å²) in [6.45, 7) is 4.85. The van der Waals surface area contributed by atoms with E-state index in [4.69, 9.17) is 9.47 Å². The third-order valence-corrected chi connectivity index (χ3v) is 3.07. The van der Waals surface area contributed by atoms with Crippen LogP contribution in [-0.4, -0.2) is 42.9 Å². The molecule has 18 heavy (non-hydrogen) atoms. The number of methoxy groups -OCH3 is 1. The normalized spacial score (nSPS) is 19.9. The van der Waals surface area contributed by atoms with Crippen molar-refractivity contribution < 1.29 is 9.47 Å². The summed E-state index contributed by atoms with van der Waals surface area (Å²) in [5.41, 5.74) is 0. The van der Waals surface area contributed by atoms with Gasteiger partial charge in [0.1, 0.15) is 0 Å². The Balaban J connectivity index is 1.94. The number of rotatable bonds is 5. The van der Waals surface area contributed by atoms with Gasteiger partial charge in [-0.25, -0.2) is 9.97 Å². The van der Waals surface area contributed by atoms with Crippen LogP contribution < -0.4 is 9.64 Å². The Morgan fingerprint density at radius 3 is 2.83 bits per heavy atom. The zero-order valence-electron chi connectivity index (χ0n) is 11.1. The summed E-state index contributed by atoms with van der Waals surface area (Å²) < 4.78 is 10.9. The van der Waals surface area contributed by atoms with E-state index in [1.807, 2.05) is 0 Å². The van der Waals surface area contributed by atoms with Crippen LogP contribution in [0.4, 0.5) is 5.95 Å². The summed E-state index contributed by atoms with van der Waals surface area (Å²) in [6, 6.07) is 0. The average molecular weight is 251 g/mol. The van der Waals surface area contributed by atoms with Crippen molar-refractivity contribution in [1.82, 2.24) is 9.97 Å². The van der Waals surface area contributed by atoms with E-state index >= 15 is 0 Å². The lowest BCUT2D eigenvalue weighted by Gasteiger charge is -2.32. The molecule has 1 saturated heterocycles. The van der Waals surface area contributed by atoms with Gasteiger partial charge in [-0.15, -0.1) is 0 Å². The second kappa shape index (κ2) is 6.54. The van der Waals surface area contributed by atoms with Crippen molar-refractivity contribution in [3.05, 3.63) is 12.4 Å². The summed E-state index contributed by atoms with van der Waals surface area (Å²) in [6.07, 6.45) is 7.05. The van der Waals surface area contributed by atoms with Crippen LogP contribution in [0.25, 0.3) is 0 Å². The first-order valence-corrected chi connectivity index (χ1v) is 6.56. The average Bonchev–Trinajstić information content (AvgIpc) is 2.45. The minimum Gasteiger partial charge on any atom is -0.494 e. The van der Waals surface area contributed by atoms with Crippen molar-refractivity contribution in [2.24, 2.45) is 0 Å². The smallest absolute Gasteiger partial charge is 0.225 e. The third-order valence-electron chi connectivity index (χ3n) is 3.07. The molecule has 1 aliphatic heterocycles. The van der Waals surface area contributed by atoms with Crippen LogP contribution in [0.1, 0.15) is 26.2 Å². The molecule has 0 spiro atoms. The quantitative estimate of drug-likeness (QED) is 0.799. The van der Waals surface area contributed by atoms with Crippen LogP contribution >= 0.6 is 0 Å². The highest BCUT2D eigenvalue weighted by atomic mass is 16.5. The van der Waals surface area contributed by atoms with Gasteiger partial charge in [0, 0.05) is 19.7 Å². The van der Waals surface area contributed by atoms with Crippen LogP contribution in [0.5, 0.6) is 5.75 Å². The van der Waals surface area contributed by atoms with Crippen molar-refractivity contribution in [2.75, 3.05) is 31.7 Å². The van der Waals surface area contributed by atoms with Crippen LogP contribution in [0.3, 0.4) is 0 Å². The maximum absolute atomic E-state index is 5.81. The van der Waals surface area contributed by atoms with Gasteiger partial charge in [0.05, 0.1) is 25.6 Å². The van der Waals surface area contributed by atoms with Crippen molar-refractivity contribution in [3.8, 4) is 5.75 Å². The van der Waals surface area contributed by atoms with E-state index in [9.17, 15) is 0 Å². The summed E-state index contributed by atoms with van der Waals surface area (Å²) >= 11 is 0. The van der Waals surface area contributed by atoms with Gasteiger partial charge in [-0.05, 0) is 19.3 Å². The number of ether oxygens (including phenoxy) is 2. The van der Waals surface area contributed by atoms with Crippen molar-refractivity contribution in [3.63, 3.8) is 0 Å². The molecule has 0 bridgehead atoms. The van der Waals surface area contributed by atoms with Crippen molar-refractivity contribution in [1.29, 1.82) is 0 Å². The monoisotopic (exact) mass is 251 g/mol. The highest BCUT2D eigenvalue weighted by molar-refractivity contribution is 5.32. The van der Waals surface area contributed by atoms with Crippen LogP contribution in [0, 0.1) is 0 Å². The van der Waals surface area contributed by atoms with E-state index in [1.165, 1.54) is 0 Å². The van der Waals surface area contributed by atoms with Gasteiger partial charge in [0.25, 0.3) is 0 Å². The molecular weight excluding hydrogens is 230 g/mol. The van der Waals surface area contributed by atoms with Gasteiger partial charge in [-0.3, -0.25) is 0 Å². The molecule has 0 aromatic carbocycles. The number of nitrogens with zero attached hydrogens (tertiary/aromatic N) is 3. The molecule has 0 aliphatic carbocycles. The standard InChI is InChI=1S/C13H21N3O2/c1-3-7-18-11-5-4-6-16(10-11)13-14-8-12(17-2)9-15-13/h8-9,11H,3-7,10H2,1-2H3. The Hall–Kier alpha value is -1.36. The van der Waals surface area contributed by atoms with E-state index in [1.54, 1.807) is 19.5 Å². The second-order valence-corrected chi connectivity index (χ2v) is 4.50. The van der Waals surface area contributed by atoms with E-state index < -0.39 is 0 Å². The van der Waals surface area contributed by atoms with Gasteiger partial charge in [-0.2, -0.15) is 0 Å². The fourth-order valence-electron chi connectivity index (χ4n) is 2.12. The summed E-state index contributed by atoms with van der Waals surface area (Å²) in [5, 5.41) is 0. The first-order chi connectivity index (χ1) is 8.83. The fraction of sp³-hybridized carbons (Fsp3) is 0.692. The highest BCUT2D eigenvalue weighted by Gasteiger charge is 2.21. The molecule has 1 aliphatic rings. The van der Waals surface area contributed by atoms with Gasteiger partial charge in [0.2, 0.25) is 5.95 Å². The van der Waals surface area contributed by atoms with Crippen LogP contribution in [-0.2, 0) is 4.74 Å². The maximum Gasteiger partial charge on any atom is 0.225 e. The predicted molar refractivity (Wildman–Crippen MR) is 70.1 cm³/mol. The van der Waals surface area contributed by atoms with E-state index in [2.05, 4.69) is 21.8 Å². The molecule has 0 amide bonds. The molecule has 1 fully saturated rings. The molecule has 1 atom stereocenters. The maximum atomic E-state index is 5.81. The predicted octanol–water partition coefficient (Wildman–Crippen LogP) is 1.88. The Bertz CT molecular complexity index is 356. The first kappa shape index (κ1) is 13.1. The highest BCUT2D eigenvalue weighted by Crippen LogP contribution is 2.19. The SMILES string of the molecule is CCCOC1CCCN(c2ncc(OC)cn2)C1. The minimum atomic E-state index is 0.310. The molecule has 2 heterocycles. The molecule has 0 radical (unpaired) electrons. The van der Waals surface area contributed by atoms with Crippen molar-refractivity contribution >= 4 is 5.95 Å². The van der Waals surface area contributed by atoms with Crippen molar-refractivity contribution in [2.45, 2.75) is 32.3 Å². The Labute approximate surface area is 108 Å². The number of anilines is 1. The zero-order chi connectivity index (χ0) is 12.8. The molecule has 5 heteroatoms. The lowest BCUT2D eigenvalue weighted by molar-refractivity contribution is 0.0437. The third kappa shape index (κ3) is 3.32. The molecular formula is C13H21N3O2. The summed E-state index contributed by atoms with van der Waals surface area (Å²) in [7, 11) is 1.62. The van der Waals surface area contributed by atoms with Crippen LogP contribution in [0.2, 0.25) is 0 Å². The van der Waals surface area contributed by atoms with Gasteiger partial charge < -0.3 is 14.4 Å². The Morgan fingerprint density at radius 2 is 2.17 bits per heavy atom. The molecule has 1 aromatic heterocycles. The first-order valence-electron chi connectivity index (χ1n) is 6.56. The van der Waals surface area contributed by atoms with Gasteiger partial charge >= 0.3 is 0 Å². The number of hydrogen-bond donors (Lipinski definition) is 0. The number of piperidine rings is 1. The molecule has 2 rings (SSSR count). The Kier molecular flexibility index (Phi) is 4.75. The van der Waals surface area contributed by atoms with E-state index in [0.717, 1.165) is 44.9 Å².